The van der Waals surface area contributed by atoms with Gasteiger partial charge in [-0.05, 0) is 30.3 Å². The summed E-state index contributed by atoms with van der Waals surface area (Å²) in [6.45, 7) is 0. The first-order valence-corrected chi connectivity index (χ1v) is 5.18. The molecule has 0 fully saturated rings. The van der Waals surface area contributed by atoms with Crippen LogP contribution in [0.1, 0.15) is 5.56 Å². The molecule has 0 saturated carbocycles. The largest absolute Gasteiger partial charge is 0.464 e. The Kier molecular flexibility index (Phi) is 2.80. The number of rotatable bonds is 1. The predicted octanol–water partition coefficient (Wildman–Crippen LogP) is 4.73. The molecule has 0 atom stereocenters. The van der Waals surface area contributed by atoms with E-state index >= 15 is 0 Å². The van der Waals surface area contributed by atoms with Gasteiger partial charge in [-0.2, -0.15) is 13.2 Å². The molecule has 0 unspecified atom stereocenters. The van der Waals surface area contributed by atoms with Gasteiger partial charge in [0.05, 0.1) is 11.8 Å². The van der Waals surface area contributed by atoms with Crippen LogP contribution in [0.25, 0.3) is 11.3 Å². The van der Waals surface area contributed by atoms with E-state index in [0.717, 1.165) is 12.1 Å². The molecular formula is C11H6BrF3O. The number of halogens is 4. The fraction of sp³-hybridized carbons (Fsp3) is 0.0909. The minimum Gasteiger partial charge on any atom is -0.464 e. The molecule has 0 aliphatic rings. The molecule has 1 nitrogen and oxygen atoms in total. The monoisotopic (exact) mass is 290 g/mol. The summed E-state index contributed by atoms with van der Waals surface area (Å²) in [5.74, 6) is 0.409. The smallest absolute Gasteiger partial charge is 0.416 e. The van der Waals surface area contributed by atoms with Crippen LogP contribution in [0.4, 0.5) is 13.2 Å². The SMILES string of the molecule is FC(F)(F)c1cc(Br)cc(-c2ccco2)c1. The Morgan fingerprint density at radius 3 is 2.44 bits per heavy atom. The maximum atomic E-state index is 12.5. The van der Waals surface area contributed by atoms with Crippen molar-refractivity contribution in [1.29, 1.82) is 0 Å². The fourth-order valence-corrected chi connectivity index (χ4v) is 1.83. The maximum Gasteiger partial charge on any atom is 0.416 e. The Morgan fingerprint density at radius 2 is 1.88 bits per heavy atom. The third kappa shape index (κ3) is 2.29. The first kappa shape index (κ1) is 11.3. The van der Waals surface area contributed by atoms with Crippen LogP contribution in [0, 0.1) is 0 Å². The van der Waals surface area contributed by atoms with Gasteiger partial charge in [0.2, 0.25) is 0 Å². The molecule has 5 heteroatoms. The van der Waals surface area contributed by atoms with Crippen molar-refractivity contribution >= 4 is 15.9 Å². The summed E-state index contributed by atoms with van der Waals surface area (Å²) in [5.41, 5.74) is -0.306. The second-order valence-electron chi connectivity index (χ2n) is 3.20. The zero-order valence-electron chi connectivity index (χ0n) is 7.88. The summed E-state index contributed by atoms with van der Waals surface area (Å²) in [6, 6.07) is 6.91. The first-order chi connectivity index (χ1) is 7.47. The van der Waals surface area contributed by atoms with Gasteiger partial charge in [-0.15, -0.1) is 0 Å². The van der Waals surface area contributed by atoms with Crippen molar-refractivity contribution in [2.24, 2.45) is 0 Å². The minimum absolute atomic E-state index is 0.369. The van der Waals surface area contributed by atoms with Crippen LogP contribution in [-0.4, -0.2) is 0 Å². The Labute approximate surface area is 98.0 Å². The van der Waals surface area contributed by atoms with Crippen molar-refractivity contribution in [2.75, 3.05) is 0 Å². The molecular weight excluding hydrogens is 285 g/mol. The van der Waals surface area contributed by atoms with Crippen LogP contribution in [0.5, 0.6) is 0 Å². The van der Waals surface area contributed by atoms with Crippen LogP contribution < -0.4 is 0 Å². The second kappa shape index (κ2) is 3.97. The average Bonchev–Trinajstić information content (AvgIpc) is 2.68. The zero-order valence-corrected chi connectivity index (χ0v) is 9.47. The summed E-state index contributed by atoms with van der Waals surface area (Å²) in [7, 11) is 0. The molecule has 0 amide bonds. The molecule has 0 saturated heterocycles. The van der Waals surface area contributed by atoms with Gasteiger partial charge >= 0.3 is 6.18 Å². The number of benzene rings is 1. The number of alkyl halides is 3. The number of hydrogen-bond acceptors (Lipinski definition) is 1. The van der Waals surface area contributed by atoms with Crippen LogP contribution >= 0.6 is 15.9 Å². The molecule has 1 aromatic carbocycles. The highest BCUT2D eigenvalue weighted by atomic mass is 79.9. The molecule has 0 aliphatic carbocycles. The van der Waals surface area contributed by atoms with E-state index in [-0.39, 0.29) is 0 Å². The Bertz CT molecular complexity index is 488. The lowest BCUT2D eigenvalue weighted by atomic mass is 10.1. The zero-order chi connectivity index (χ0) is 11.8. The number of furan rings is 1. The summed E-state index contributed by atoms with van der Waals surface area (Å²) < 4.78 is 43.0. The van der Waals surface area contributed by atoms with E-state index in [4.69, 9.17) is 4.42 Å². The molecule has 0 radical (unpaired) electrons. The normalized spacial score (nSPS) is 11.8. The van der Waals surface area contributed by atoms with Gasteiger partial charge in [0.15, 0.2) is 0 Å². The lowest BCUT2D eigenvalue weighted by Crippen LogP contribution is -2.04. The Hall–Kier alpha value is -1.23. The summed E-state index contributed by atoms with van der Waals surface area (Å²) in [4.78, 5) is 0. The van der Waals surface area contributed by atoms with Crippen LogP contribution in [0.3, 0.4) is 0 Å². The van der Waals surface area contributed by atoms with Crippen LogP contribution in [0.2, 0.25) is 0 Å². The Morgan fingerprint density at radius 1 is 1.12 bits per heavy atom. The van der Waals surface area contributed by atoms with Crippen molar-refractivity contribution in [3.8, 4) is 11.3 Å². The average molecular weight is 291 g/mol. The summed E-state index contributed by atoms with van der Waals surface area (Å²) >= 11 is 3.05. The molecule has 16 heavy (non-hydrogen) atoms. The van der Waals surface area contributed by atoms with Gasteiger partial charge < -0.3 is 4.42 Å². The standard InChI is InChI=1S/C11H6BrF3O/c12-9-5-7(10-2-1-3-16-10)4-8(6-9)11(13,14)15/h1-6H. The highest BCUT2D eigenvalue weighted by Crippen LogP contribution is 2.34. The highest BCUT2D eigenvalue weighted by molar-refractivity contribution is 9.10. The van der Waals surface area contributed by atoms with Gasteiger partial charge in [0.25, 0.3) is 0 Å². The van der Waals surface area contributed by atoms with E-state index in [1.165, 1.54) is 6.26 Å². The van der Waals surface area contributed by atoms with E-state index in [2.05, 4.69) is 15.9 Å². The van der Waals surface area contributed by atoms with Gasteiger partial charge in [0, 0.05) is 10.0 Å². The fourth-order valence-electron chi connectivity index (χ4n) is 1.34. The van der Waals surface area contributed by atoms with E-state index in [1.807, 2.05) is 0 Å². The van der Waals surface area contributed by atoms with Gasteiger partial charge in [-0.3, -0.25) is 0 Å². The first-order valence-electron chi connectivity index (χ1n) is 4.38. The third-order valence-electron chi connectivity index (χ3n) is 2.03. The van der Waals surface area contributed by atoms with Crippen molar-refractivity contribution in [1.82, 2.24) is 0 Å². The summed E-state index contributed by atoms with van der Waals surface area (Å²) in [5, 5.41) is 0. The van der Waals surface area contributed by atoms with E-state index < -0.39 is 11.7 Å². The van der Waals surface area contributed by atoms with Gasteiger partial charge in [-0.25, -0.2) is 0 Å². The lowest BCUT2D eigenvalue weighted by molar-refractivity contribution is -0.137. The van der Waals surface area contributed by atoms with Gasteiger partial charge in [-0.1, -0.05) is 15.9 Å². The minimum atomic E-state index is -4.36. The van der Waals surface area contributed by atoms with E-state index in [9.17, 15) is 13.2 Å². The van der Waals surface area contributed by atoms with E-state index in [1.54, 1.807) is 18.2 Å². The third-order valence-corrected chi connectivity index (χ3v) is 2.49. The maximum absolute atomic E-state index is 12.5. The lowest BCUT2D eigenvalue weighted by Gasteiger charge is -2.08. The molecule has 0 bridgehead atoms. The van der Waals surface area contributed by atoms with Crippen molar-refractivity contribution < 1.29 is 17.6 Å². The molecule has 0 spiro atoms. The Balaban J connectivity index is 2.53. The molecule has 1 heterocycles. The molecule has 84 valence electrons. The molecule has 0 aliphatic heterocycles. The highest BCUT2D eigenvalue weighted by Gasteiger charge is 2.31. The molecule has 2 aromatic rings. The predicted molar refractivity (Wildman–Crippen MR) is 56.8 cm³/mol. The molecule has 1 aromatic heterocycles. The quantitative estimate of drug-likeness (QED) is 0.740. The second-order valence-corrected chi connectivity index (χ2v) is 4.12. The van der Waals surface area contributed by atoms with Crippen LogP contribution in [-0.2, 0) is 6.18 Å². The van der Waals surface area contributed by atoms with Crippen LogP contribution in [0.15, 0.2) is 45.5 Å². The summed E-state index contributed by atoms with van der Waals surface area (Å²) in [6.07, 6.45) is -2.94. The van der Waals surface area contributed by atoms with Crippen molar-refractivity contribution in [3.63, 3.8) is 0 Å². The molecule has 0 N–H and O–H groups in total. The van der Waals surface area contributed by atoms with Crippen molar-refractivity contribution in [2.45, 2.75) is 6.18 Å². The number of hydrogen-bond donors (Lipinski definition) is 0. The topological polar surface area (TPSA) is 13.1 Å². The van der Waals surface area contributed by atoms with E-state index in [0.29, 0.717) is 15.8 Å². The molecule has 2 rings (SSSR count). The van der Waals surface area contributed by atoms with Gasteiger partial charge in [0.1, 0.15) is 5.76 Å². The van der Waals surface area contributed by atoms with Crippen molar-refractivity contribution in [3.05, 3.63) is 46.6 Å².